The highest BCUT2D eigenvalue weighted by atomic mass is 32.2. The quantitative estimate of drug-likeness (QED) is 0.551. The Morgan fingerprint density at radius 3 is 1.88 bits per heavy atom. The number of rotatable bonds is 4. The molecule has 0 atom stereocenters. The van der Waals surface area contributed by atoms with E-state index in [-0.39, 0.29) is 11.4 Å². The average molecular weight is 397 g/mol. The van der Waals surface area contributed by atoms with E-state index in [9.17, 15) is 26.3 Å². The molecule has 0 spiro atoms. The van der Waals surface area contributed by atoms with E-state index in [4.69, 9.17) is 5.73 Å². The fourth-order valence-electron chi connectivity index (χ4n) is 2.40. The minimum Gasteiger partial charge on any atom is -0.340 e. The Labute approximate surface area is 150 Å². The van der Waals surface area contributed by atoms with Gasteiger partial charge in [-0.2, -0.15) is 26.3 Å². The summed E-state index contributed by atoms with van der Waals surface area (Å²) in [5.74, 6) is -1.79. The third kappa shape index (κ3) is 3.44. The second kappa shape index (κ2) is 6.80. The molecule has 3 N–H and O–H groups in total. The summed E-state index contributed by atoms with van der Waals surface area (Å²) in [5, 5.41) is 0. The van der Waals surface area contributed by atoms with Crippen molar-refractivity contribution in [1.82, 2.24) is 9.97 Å². The molecule has 144 valence electrons. The largest absolute Gasteiger partial charge is 0.422 e. The normalized spacial score (nSPS) is 13.5. The third-order valence-corrected chi connectivity index (χ3v) is 4.67. The van der Waals surface area contributed by atoms with Gasteiger partial charge >= 0.3 is 12.4 Å². The SMILES string of the molecule is CSc1ccc(-c2[nH]c(C(N)(C(F)(F)F)C(F)(F)F)nc2C(C)C)cc1. The van der Waals surface area contributed by atoms with Crippen LogP contribution in [0.3, 0.4) is 0 Å². The number of alkyl halides is 6. The summed E-state index contributed by atoms with van der Waals surface area (Å²) in [7, 11) is 0. The van der Waals surface area contributed by atoms with Crippen molar-refractivity contribution < 1.29 is 26.3 Å². The first-order chi connectivity index (χ1) is 11.8. The van der Waals surface area contributed by atoms with Crippen LogP contribution < -0.4 is 5.73 Å². The molecule has 0 aliphatic rings. The van der Waals surface area contributed by atoms with Gasteiger partial charge in [0.1, 0.15) is 5.82 Å². The van der Waals surface area contributed by atoms with Gasteiger partial charge in [-0.25, -0.2) is 4.98 Å². The van der Waals surface area contributed by atoms with Crippen molar-refractivity contribution in [2.45, 2.75) is 42.6 Å². The first kappa shape index (κ1) is 20.6. The Hall–Kier alpha value is -1.68. The smallest absolute Gasteiger partial charge is 0.340 e. The number of aromatic nitrogens is 2. The summed E-state index contributed by atoms with van der Waals surface area (Å²) >= 11 is 1.46. The van der Waals surface area contributed by atoms with Gasteiger partial charge in [0.05, 0.1) is 11.4 Å². The Morgan fingerprint density at radius 2 is 1.50 bits per heavy atom. The van der Waals surface area contributed by atoms with Gasteiger partial charge in [-0.05, 0) is 29.9 Å². The lowest BCUT2D eigenvalue weighted by atomic mass is 9.98. The number of thioether (sulfide) groups is 1. The summed E-state index contributed by atoms with van der Waals surface area (Å²) < 4.78 is 79.3. The fraction of sp³-hybridized carbons (Fsp3) is 0.438. The van der Waals surface area contributed by atoms with E-state index >= 15 is 0 Å². The third-order valence-electron chi connectivity index (χ3n) is 3.93. The number of hydrogen-bond donors (Lipinski definition) is 2. The second-order valence-electron chi connectivity index (χ2n) is 6.03. The zero-order valence-electron chi connectivity index (χ0n) is 14.1. The van der Waals surface area contributed by atoms with Crippen molar-refractivity contribution in [1.29, 1.82) is 0 Å². The maximum Gasteiger partial charge on any atom is 0.422 e. The van der Waals surface area contributed by atoms with Gasteiger partial charge < -0.3 is 10.7 Å². The van der Waals surface area contributed by atoms with Crippen LogP contribution in [0.15, 0.2) is 29.2 Å². The van der Waals surface area contributed by atoms with Gasteiger partial charge in [0, 0.05) is 4.90 Å². The molecule has 0 radical (unpaired) electrons. The van der Waals surface area contributed by atoms with Gasteiger partial charge in [-0.3, -0.25) is 0 Å². The molecule has 10 heteroatoms. The zero-order valence-corrected chi connectivity index (χ0v) is 14.9. The van der Waals surface area contributed by atoms with Crippen molar-refractivity contribution in [3.63, 3.8) is 0 Å². The van der Waals surface area contributed by atoms with E-state index in [1.54, 1.807) is 38.1 Å². The van der Waals surface area contributed by atoms with E-state index in [0.717, 1.165) is 4.90 Å². The number of halogens is 6. The zero-order chi connectivity index (χ0) is 19.9. The lowest BCUT2D eigenvalue weighted by molar-refractivity contribution is -0.304. The summed E-state index contributed by atoms with van der Waals surface area (Å²) in [6, 6.07) is 6.64. The number of nitrogens with zero attached hydrogens (tertiary/aromatic N) is 1. The Bertz CT molecular complexity index is 748. The molecule has 1 heterocycles. The molecule has 0 bridgehead atoms. The van der Waals surface area contributed by atoms with Crippen LogP contribution >= 0.6 is 11.8 Å². The topological polar surface area (TPSA) is 54.7 Å². The Kier molecular flexibility index (Phi) is 5.40. The van der Waals surface area contributed by atoms with Crippen LogP contribution in [-0.4, -0.2) is 28.6 Å². The number of H-pyrrole nitrogens is 1. The van der Waals surface area contributed by atoms with Gasteiger partial charge in [0.15, 0.2) is 0 Å². The van der Waals surface area contributed by atoms with E-state index in [0.29, 0.717) is 5.56 Å². The van der Waals surface area contributed by atoms with Crippen molar-refractivity contribution in [2.24, 2.45) is 5.73 Å². The Balaban J connectivity index is 2.68. The number of nitrogens with two attached hydrogens (primary N) is 1. The molecule has 0 saturated heterocycles. The molecule has 2 aromatic rings. The molecule has 1 aromatic carbocycles. The van der Waals surface area contributed by atoms with E-state index in [2.05, 4.69) is 9.97 Å². The van der Waals surface area contributed by atoms with E-state index in [1.165, 1.54) is 11.8 Å². The van der Waals surface area contributed by atoms with Crippen LogP contribution in [0.1, 0.15) is 31.3 Å². The van der Waals surface area contributed by atoms with Crippen molar-refractivity contribution in [3.05, 3.63) is 35.8 Å². The molecule has 0 amide bonds. The predicted octanol–water partition coefficient (Wildman–Crippen LogP) is 5.20. The molecule has 26 heavy (non-hydrogen) atoms. The number of aromatic amines is 1. The van der Waals surface area contributed by atoms with Gasteiger partial charge in [-0.1, -0.05) is 26.0 Å². The standard InChI is InChI=1S/C16H17F6N3S/c1-8(2)11-12(9-4-6-10(26-3)7-5-9)25-13(24-11)14(23,15(17,18)19)16(20,21)22/h4-8H,23H2,1-3H3,(H,24,25). The number of hydrogen-bond acceptors (Lipinski definition) is 3. The van der Waals surface area contributed by atoms with Gasteiger partial charge in [0.2, 0.25) is 0 Å². The molecule has 0 saturated carbocycles. The molecular formula is C16H17F6N3S. The summed E-state index contributed by atoms with van der Waals surface area (Å²) in [6.45, 7) is 3.25. The molecule has 3 nitrogen and oxygen atoms in total. The van der Waals surface area contributed by atoms with E-state index < -0.39 is 29.6 Å². The van der Waals surface area contributed by atoms with Crippen molar-refractivity contribution in [2.75, 3.05) is 6.26 Å². The van der Waals surface area contributed by atoms with Crippen LogP contribution in [0.4, 0.5) is 26.3 Å². The van der Waals surface area contributed by atoms with Gasteiger partial charge in [-0.15, -0.1) is 11.8 Å². The minimum atomic E-state index is -5.77. The molecule has 0 fully saturated rings. The maximum absolute atomic E-state index is 13.2. The highest BCUT2D eigenvalue weighted by molar-refractivity contribution is 7.98. The van der Waals surface area contributed by atoms with Crippen LogP contribution in [0.2, 0.25) is 0 Å². The average Bonchev–Trinajstić information content (AvgIpc) is 2.97. The van der Waals surface area contributed by atoms with Crippen molar-refractivity contribution >= 4 is 11.8 Å². The minimum absolute atomic E-state index is 0.0835. The lowest BCUT2D eigenvalue weighted by Gasteiger charge is -2.31. The molecule has 1 aromatic heterocycles. The number of nitrogens with one attached hydrogen (secondary N) is 1. The van der Waals surface area contributed by atoms with Crippen LogP contribution in [0, 0.1) is 0 Å². The second-order valence-corrected chi connectivity index (χ2v) is 6.91. The predicted molar refractivity (Wildman–Crippen MR) is 87.9 cm³/mol. The highest BCUT2D eigenvalue weighted by Crippen LogP contribution is 2.48. The number of imidazole rings is 1. The van der Waals surface area contributed by atoms with Gasteiger partial charge in [0.25, 0.3) is 5.54 Å². The van der Waals surface area contributed by atoms with Crippen molar-refractivity contribution in [3.8, 4) is 11.3 Å². The Morgan fingerprint density at radius 1 is 1.00 bits per heavy atom. The summed E-state index contributed by atoms with van der Waals surface area (Å²) in [6.07, 6.45) is -9.69. The van der Waals surface area contributed by atoms with Crippen LogP contribution in [0.25, 0.3) is 11.3 Å². The summed E-state index contributed by atoms with van der Waals surface area (Å²) in [5.41, 5.74) is 0.850. The first-order valence-electron chi connectivity index (χ1n) is 7.50. The number of benzene rings is 1. The molecule has 0 aliphatic carbocycles. The van der Waals surface area contributed by atoms with Crippen LogP contribution in [0.5, 0.6) is 0 Å². The molecule has 2 rings (SSSR count). The van der Waals surface area contributed by atoms with Crippen LogP contribution in [-0.2, 0) is 5.54 Å². The first-order valence-corrected chi connectivity index (χ1v) is 8.72. The van der Waals surface area contributed by atoms with E-state index in [1.807, 2.05) is 6.26 Å². The highest BCUT2D eigenvalue weighted by Gasteiger charge is 2.71. The molecule has 0 aliphatic heterocycles. The monoisotopic (exact) mass is 397 g/mol. The fourth-order valence-corrected chi connectivity index (χ4v) is 2.81. The summed E-state index contributed by atoms with van der Waals surface area (Å²) in [4.78, 5) is 6.70. The molecular weight excluding hydrogens is 380 g/mol. The maximum atomic E-state index is 13.2. The molecule has 0 unspecified atom stereocenters. The lowest BCUT2D eigenvalue weighted by Crippen LogP contribution is -2.61.